The van der Waals surface area contributed by atoms with Gasteiger partial charge in [0, 0.05) is 23.3 Å². The molecule has 0 saturated heterocycles. The maximum absolute atomic E-state index is 11.3. The molecule has 7 nitrogen and oxygen atoms in total. The van der Waals surface area contributed by atoms with Crippen LogP contribution in [-0.4, -0.2) is 32.8 Å². The van der Waals surface area contributed by atoms with Gasteiger partial charge < -0.3 is 16.0 Å². The summed E-state index contributed by atoms with van der Waals surface area (Å²) in [5.41, 5.74) is 1.47. The number of hydrogen-bond acceptors (Lipinski definition) is 7. The van der Waals surface area contributed by atoms with Gasteiger partial charge in [-0.3, -0.25) is 4.79 Å². The molecule has 0 spiro atoms. The first-order chi connectivity index (χ1) is 11.3. The molecule has 0 fully saturated rings. The van der Waals surface area contributed by atoms with Gasteiger partial charge in [0.2, 0.25) is 17.8 Å². The van der Waals surface area contributed by atoms with Gasteiger partial charge in [-0.1, -0.05) is 0 Å². The number of rotatable bonds is 7. The Morgan fingerprint density at radius 3 is 1.71 bits per heavy atom. The van der Waals surface area contributed by atoms with E-state index >= 15 is 0 Å². The number of Topliss-reactive ketones (excluding diaryl/α,β-unsaturated/α-hetero) is 1. The van der Waals surface area contributed by atoms with Crippen molar-refractivity contribution in [2.24, 2.45) is 0 Å². The molecule has 1 aromatic carbocycles. The second kappa shape index (κ2) is 7.72. The van der Waals surface area contributed by atoms with E-state index in [1.54, 1.807) is 19.1 Å². The van der Waals surface area contributed by atoms with Gasteiger partial charge in [-0.05, 0) is 58.9 Å². The maximum atomic E-state index is 11.3. The second-order valence-corrected chi connectivity index (χ2v) is 6.16. The normalized spacial score (nSPS) is 10.8. The standard InChI is InChI=1S/C17H24N6O/c1-10(2)18-15-21-16(19-11(3)4)23-17(22-15)20-14-8-6-13(7-9-14)12(5)24/h6-11H,1-5H3,(H3,18,19,20,21,22,23). The molecule has 24 heavy (non-hydrogen) atoms. The predicted molar refractivity (Wildman–Crippen MR) is 97.1 cm³/mol. The van der Waals surface area contributed by atoms with Gasteiger partial charge in [-0.25, -0.2) is 0 Å². The van der Waals surface area contributed by atoms with Crippen molar-refractivity contribution < 1.29 is 4.79 Å². The van der Waals surface area contributed by atoms with Crippen LogP contribution in [-0.2, 0) is 0 Å². The number of nitrogens with zero attached hydrogens (tertiary/aromatic N) is 3. The van der Waals surface area contributed by atoms with Crippen LogP contribution < -0.4 is 16.0 Å². The van der Waals surface area contributed by atoms with Gasteiger partial charge in [0.05, 0.1) is 0 Å². The van der Waals surface area contributed by atoms with Crippen molar-refractivity contribution in [1.29, 1.82) is 0 Å². The zero-order chi connectivity index (χ0) is 17.7. The van der Waals surface area contributed by atoms with Gasteiger partial charge in [0.15, 0.2) is 5.78 Å². The molecular formula is C17H24N6O. The fourth-order valence-corrected chi connectivity index (χ4v) is 1.99. The molecule has 3 N–H and O–H groups in total. The molecular weight excluding hydrogens is 304 g/mol. The summed E-state index contributed by atoms with van der Waals surface area (Å²) >= 11 is 0. The van der Waals surface area contributed by atoms with E-state index in [1.807, 2.05) is 39.8 Å². The van der Waals surface area contributed by atoms with Crippen LogP contribution in [0.15, 0.2) is 24.3 Å². The topological polar surface area (TPSA) is 91.8 Å². The molecule has 0 bridgehead atoms. The summed E-state index contributed by atoms with van der Waals surface area (Å²) in [6.07, 6.45) is 0. The van der Waals surface area contributed by atoms with E-state index in [4.69, 9.17) is 0 Å². The highest BCUT2D eigenvalue weighted by Gasteiger charge is 2.09. The molecule has 0 unspecified atom stereocenters. The summed E-state index contributed by atoms with van der Waals surface area (Å²) < 4.78 is 0. The van der Waals surface area contributed by atoms with Crippen LogP contribution in [0, 0.1) is 0 Å². The minimum absolute atomic E-state index is 0.0357. The molecule has 0 atom stereocenters. The Balaban J connectivity index is 2.25. The van der Waals surface area contributed by atoms with Gasteiger partial charge in [-0.2, -0.15) is 15.0 Å². The molecule has 0 radical (unpaired) electrons. The Morgan fingerprint density at radius 1 is 0.833 bits per heavy atom. The molecule has 0 aliphatic carbocycles. The van der Waals surface area contributed by atoms with Gasteiger partial charge in [-0.15, -0.1) is 0 Å². The van der Waals surface area contributed by atoms with Gasteiger partial charge >= 0.3 is 0 Å². The molecule has 0 aliphatic rings. The lowest BCUT2D eigenvalue weighted by molar-refractivity contribution is 0.101. The van der Waals surface area contributed by atoms with Crippen LogP contribution in [0.1, 0.15) is 45.0 Å². The SMILES string of the molecule is CC(=O)c1ccc(Nc2nc(NC(C)C)nc(NC(C)C)n2)cc1. The average Bonchev–Trinajstić information content (AvgIpc) is 2.46. The summed E-state index contributed by atoms with van der Waals surface area (Å²) in [6, 6.07) is 7.61. The Labute approximate surface area is 142 Å². The summed E-state index contributed by atoms with van der Waals surface area (Å²) in [6.45, 7) is 9.63. The highest BCUT2D eigenvalue weighted by atomic mass is 16.1. The first kappa shape index (κ1) is 17.7. The fraction of sp³-hybridized carbons (Fsp3) is 0.412. The summed E-state index contributed by atoms with van der Waals surface area (Å²) in [7, 11) is 0. The molecule has 0 saturated carbocycles. The van der Waals surface area contributed by atoms with Crippen molar-refractivity contribution >= 4 is 29.3 Å². The van der Waals surface area contributed by atoms with Crippen molar-refractivity contribution in [3.63, 3.8) is 0 Å². The van der Waals surface area contributed by atoms with Gasteiger partial charge in [0.1, 0.15) is 0 Å². The second-order valence-electron chi connectivity index (χ2n) is 6.16. The lowest BCUT2D eigenvalue weighted by Crippen LogP contribution is -2.18. The third-order valence-electron chi connectivity index (χ3n) is 3.02. The van der Waals surface area contributed by atoms with E-state index in [-0.39, 0.29) is 17.9 Å². The van der Waals surface area contributed by atoms with E-state index in [2.05, 4.69) is 30.9 Å². The van der Waals surface area contributed by atoms with Crippen LogP contribution in [0.25, 0.3) is 0 Å². The lowest BCUT2D eigenvalue weighted by atomic mass is 10.1. The largest absolute Gasteiger partial charge is 0.352 e. The summed E-state index contributed by atoms with van der Waals surface area (Å²) in [4.78, 5) is 24.5. The van der Waals surface area contributed by atoms with Gasteiger partial charge in [0.25, 0.3) is 0 Å². The minimum atomic E-state index is 0.0357. The zero-order valence-corrected chi connectivity index (χ0v) is 14.7. The Kier molecular flexibility index (Phi) is 5.68. The quantitative estimate of drug-likeness (QED) is 0.670. The highest BCUT2D eigenvalue weighted by molar-refractivity contribution is 5.94. The third kappa shape index (κ3) is 5.19. The van der Waals surface area contributed by atoms with E-state index < -0.39 is 0 Å². The first-order valence-electron chi connectivity index (χ1n) is 8.00. The van der Waals surface area contributed by atoms with E-state index in [9.17, 15) is 4.79 Å². The molecule has 7 heteroatoms. The van der Waals surface area contributed by atoms with Crippen molar-refractivity contribution in [3.8, 4) is 0 Å². The maximum Gasteiger partial charge on any atom is 0.233 e. The number of ketones is 1. The molecule has 1 heterocycles. The number of carbonyl (C=O) groups excluding carboxylic acids is 1. The Bertz CT molecular complexity index is 668. The molecule has 0 aliphatic heterocycles. The minimum Gasteiger partial charge on any atom is -0.352 e. The smallest absolute Gasteiger partial charge is 0.233 e. The van der Waals surface area contributed by atoms with Crippen molar-refractivity contribution in [1.82, 2.24) is 15.0 Å². The number of aromatic nitrogens is 3. The fourth-order valence-electron chi connectivity index (χ4n) is 1.99. The number of hydrogen-bond donors (Lipinski definition) is 3. The molecule has 1 aromatic heterocycles. The van der Waals surface area contributed by atoms with E-state index in [1.165, 1.54) is 0 Å². The van der Waals surface area contributed by atoms with E-state index in [0.717, 1.165) is 5.69 Å². The van der Waals surface area contributed by atoms with Crippen molar-refractivity contribution in [3.05, 3.63) is 29.8 Å². The molecule has 128 valence electrons. The van der Waals surface area contributed by atoms with Crippen LogP contribution >= 0.6 is 0 Å². The number of carbonyl (C=O) groups is 1. The highest BCUT2D eigenvalue weighted by Crippen LogP contribution is 2.17. The zero-order valence-electron chi connectivity index (χ0n) is 14.7. The summed E-state index contributed by atoms with van der Waals surface area (Å²) in [5.74, 6) is 1.48. The van der Waals surface area contributed by atoms with Crippen molar-refractivity contribution in [2.45, 2.75) is 46.7 Å². The number of anilines is 4. The van der Waals surface area contributed by atoms with Crippen LogP contribution in [0.3, 0.4) is 0 Å². The third-order valence-corrected chi connectivity index (χ3v) is 3.02. The van der Waals surface area contributed by atoms with Crippen molar-refractivity contribution in [2.75, 3.05) is 16.0 Å². The van der Waals surface area contributed by atoms with Crippen LogP contribution in [0.5, 0.6) is 0 Å². The Morgan fingerprint density at radius 2 is 1.29 bits per heavy atom. The van der Waals surface area contributed by atoms with Crippen LogP contribution in [0.2, 0.25) is 0 Å². The predicted octanol–water partition coefficient (Wildman–Crippen LogP) is 3.46. The molecule has 2 aromatic rings. The average molecular weight is 328 g/mol. The summed E-state index contributed by atoms with van der Waals surface area (Å²) in [5, 5.41) is 9.51. The number of benzene rings is 1. The van der Waals surface area contributed by atoms with Crippen LogP contribution in [0.4, 0.5) is 23.5 Å². The lowest BCUT2D eigenvalue weighted by Gasteiger charge is -2.14. The first-order valence-corrected chi connectivity index (χ1v) is 8.00. The molecule has 0 amide bonds. The monoisotopic (exact) mass is 328 g/mol. The Hall–Kier alpha value is -2.70. The van der Waals surface area contributed by atoms with E-state index in [0.29, 0.717) is 23.4 Å². The molecule has 2 rings (SSSR count). The number of nitrogens with one attached hydrogen (secondary N) is 3.